The summed E-state index contributed by atoms with van der Waals surface area (Å²) >= 11 is 6.86. The van der Waals surface area contributed by atoms with E-state index in [0.29, 0.717) is 77.5 Å². The smallest absolute Gasteiger partial charge is 0.270 e. The van der Waals surface area contributed by atoms with Gasteiger partial charge in [-0.25, -0.2) is 4.39 Å². The molecule has 41 heavy (non-hydrogen) atoms. The Kier molecular flexibility index (Phi) is 10.6. The van der Waals surface area contributed by atoms with Gasteiger partial charge in [-0.1, -0.05) is 75.6 Å². The number of para-hydroxylation sites is 1. The van der Waals surface area contributed by atoms with Crippen LogP contribution in [0.4, 0.5) is 15.9 Å². The van der Waals surface area contributed by atoms with E-state index in [1.807, 2.05) is 24.0 Å². The van der Waals surface area contributed by atoms with Crippen LogP contribution in [0.2, 0.25) is 0 Å². The van der Waals surface area contributed by atoms with E-state index in [0.717, 1.165) is 25.7 Å². The summed E-state index contributed by atoms with van der Waals surface area (Å²) in [4.78, 5) is 33.3. The predicted molar refractivity (Wildman–Crippen MR) is 170 cm³/mol. The molecule has 218 valence electrons. The maximum absolute atomic E-state index is 14.5. The number of carbonyl (C=O) groups is 1. The van der Waals surface area contributed by atoms with Crippen molar-refractivity contribution in [1.82, 2.24) is 9.47 Å². The van der Waals surface area contributed by atoms with Gasteiger partial charge in [0.1, 0.15) is 27.6 Å². The number of hydrogen-bond donors (Lipinski definition) is 0. The van der Waals surface area contributed by atoms with Crippen molar-refractivity contribution in [2.45, 2.75) is 65.8 Å². The lowest BCUT2D eigenvalue weighted by Crippen LogP contribution is -2.49. The zero-order valence-corrected chi connectivity index (χ0v) is 25.8. The molecule has 0 radical (unpaired) electrons. The molecule has 0 spiro atoms. The van der Waals surface area contributed by atoms with Crippen LogP contribution in [0.15, 0.2) is 34.0 Å². The van der Waals surface area contributed by atoms with Gasteiger partial charge in [-0.05, 0) is 43.5 Å². The molecule has 10 heteroatoms. The van der Waals surface area contributed by atoms with Crippen molar-refractivity contribution in [2.24, 2.45) is 0 Å². The fourth-order valence-corrected chi connectivity index (χ4v) is 6.77. The van der Waals surface area contributed by atoms with E-state index in [4.69, 9.17) is 12.2 Å². The van der Waals surface area contributed by atoms with Gasteiger partial charge in [-0.2, -0.15) is 5.26 Å². The van der Waals surface area contributed by atoms with Crippen LogP contribution in [0.25, 0.3) is 6.08 Å². The average molecular weight is 596 g/mol. The molecule has 0 saturated carbocycles. The fraction of sp³-hybridized carbons (Fsp3) is 0.484. The molecular formula is C31H38FN5O2S2. The number of hydrogen-bond acceptors (Lipinski definition) is 7. The van der Waals surface area contributed by atoms with Crippen molar-refractivity contribution in [2.75, 3.05) is 42.5 Å². The molecule has 7 nitrogen and oxygen atoms in total. The molecule has 2 aliphatic heterocycles. The molecule has 2 saturated heterocycles. The number of unbranched alkanes of at least 4 members (excludes halogenated alkanes) is 4. The maximum atomic E-state index is 14.5. The number of thiocarbonyl (C=S) groups is 1. The van der Waals surface area contributed by atoms with Crippen LogP contribution in [0.5, 0.6) is 0 Å². The van der Waals surface area contributed by atoms with E-state index >= 15 is 0 Å². The van der Waals surface area contributed by atoms with Crippen molar-refractivity contribution in [3.8, 4) is 6.07 Å². The number of thioether (sulfide) groups is 1. The molecule has 1 aromatic carbocycles. The summed E-state index contributed by atoms with van der Waals surface area (Å²) in [6.07, 6.45) is 7.96. The van der Waals surface area contributed by atoms with Crippen LogP contribution in [0.3, 0.4) is 0 Å². The Balaban J connectivity index is 1.69. The number of nitrogens with zero attached hydrogens (tertiary/aromatic N) is 5. The number of anilines is 2. The number of pyridine rings is 1. The lowest BCUT2D eigenvalue weighted by Gasteiger charge is -2.39. The lowest BCUT2D eigenvalue weighted by atomic mass is 10.0. The highest BCUT2D eigenvalue weighted by Crippen LogP contribution is 2.36. The fourth-order valence-electron chi connectivity index (χ4n) is 5.48. The van der Waals surface area contributed by atoms with E-state index in [-0.39, 0.29) is 22.8 Å². The van der Waals surface area contributed by atoms with Crippen LogP contribution in [-0.2, 0) is 11.3 Å². The lowest BCUT2D eigenvalue weighted by molar-refractivity contribution is -0.122. The van der Waals surface area contributed by atoms with Gasteiger partial charge in [-0.15, -0.1) is 0 Å². The number of piperazine rings is 1. The van der Waals surface area contributed by atoms with E-state index in [1.54, 1.807) is 28.5 Å². The van der Waals surface area contributed by atoms with Crippen molar-refractivity contribution in [3.63, 3.8) is 0 Å². The summed E-state index contributed by atoms with van der Waals surface area (Å²) in [5.74, 6) is 0.314. The van der Waals surface area contributed by atoms with Crippen LogP contribution in [0.1, 0.15) is 69.1 Å². The highest BCUT2D eigenvalue weighted by atomic mass is 32.2. The second kappa shape index (κ2) is 14.1. The average Bonchev–Trinajstić information content (AvgIpc) is 3.23. The number of benzene rings is 1. The summed E-state index contributed by atoms with van der Waals surface area (Å²) in [5.41, 5.74) is 1.58. The van der Waals surface area contributed by atoms with Crippen molar-refractivity contribution in [3.05, 3.63) is 62.0 Å². The van der Waals surface area contributed by atoms with E-state index in [1.165, 1.54) is 24.2 Å². The Morgan fingerprint density at radius 1 is 1.00 bits per heavy atom. The normalized spacial score (nSPS) is 16.7. The number of aromatic nitrogens is 1. The summed E-state index contributed by atoms with van der Waals surface area (Å²) in [7, 11) is 0. The predicted octanol–water partition coefficient (Wildman–Crippen LogP) is 6.08. The van der Waals surface area contributed by atoms with Gasteiger partial charge < -0.3 is 9.80 Å². The maximum Gasteiger partial charge on any atom is 0.270 e. The topological polar surface area (TPSA) is 72.6 Å². The Morgan fingerprint density at radius 2 is 1.68 bits per heavy atom. The first-order chi connectivity index (χ1) is 19.8. The van der Waals surface area contributed by atoms with E-state index in [2.05, 4.69) is 17.9 Å². The highest BCUT2D eigenvalue weighted by molar-refractivity contribution is 8.26. The van der Waals surface area contributed by atoms with Crippen LogP contribution in [0, 0.1) is 24.1 Å². The molecule has 2 aliphatic rings. The summed E-state index contributed by atoms with van der Waals surface area (Å²) in [5, 5.41) is 9.92. The van der Waals surface area contributed by atoms with Crippen LogP contribution < -0.4 is 15.4 Å². The Bertz CT molecular complexity index is 1420. The van der Waals surface area contributed by atoms with Crippen LogP contribution in [-0.4, -0.2) is 52.4 Å². The second-order valence-corrected chi connectivity index (χ2v) is 12.2. The Labute approximate surface area is 251 Å². The van der Waals surface area contributed by atoms with Gasteiger partial charge in [0.2, 0.25) is 0 Å². The summed E-state index contributed by atoms with van der Waals surface area (Å²) in [6, 6.07) is 8.85. The Hall–Kier alpha value is -3.16. The third kappa shape index (κ3) is 6.68. The minimum absolute atomic E-state index is 0.0878. The number of rotatable bonds is 11. The first-order valence-corrected chi connectivity index (χ1v) is 15.7. The Morgan fingerprint density at radius 3 is 2.34 bits per heavy atom. The summed E-state index contributed by atoms with van der Waals surface area (Å²) in [6.45, 7) is 9.22. The third-order valence-corrected chi connectivity index (χ3v) is 9.08. The SMILES string of the molecule is CCCCCCCN1C(=O)/C(=C\c2c(C)c(C#N)c(=O)n(CCC)c2N2CCN(c3ccccc3F)CC2)SC1=S. The third-order valence-electron chi connectivity index (χ3n) is 7.70. The molecule has 1 aromatic heterocycles. The van der Waals surface area contributed by atoms with Gasteiger partial charge in [0.05, 0.1) is 10.6 Å². The summed E-state index contributed by atoms with van der Waals surface area (Å²) < 4.78 is 16.7. The molecule has 2 aromatic rings. The molecule has 2 fully saturated rings. The van der Waals surface area contributed by atoms with Crippen molar-refractivity contribution in [1.29, 1.82) is 5.26 Å². The van der Waals surface area contributed by atoms with Crippen molar-refractivity contribution >= 4 is 51.8 Å². The molecule has 0 bridgehead atoms. The molecule has 0 N–H and O–H groups in total. The zero-order valence-electron chi connectivity index (χ0n) is 24.1. The number of carbonyl (C=O) groups excluding carboxylic acids is 1. The van der Waals surface area contributed by atoms with Gasteiger partial charge in [0.15, 0.2) is 0 Å². The molecule has 4 rings (SSSR count). The number of nitriles is 1. The van der Waals surface area contributed by atoms with Crippen LogP contribution >= 0.6 is 24.0 Å². The first kappa shape index (κ1) is 30.8. The van der Waals surface area contributed by atoms with Crippen molar-refractivity contribution < 1.29 is 9.18 Å². The number of amides is 1. The minimum Gasteiger partial charge on any atom is -0.366 e. The molecule has 0 atom stereocenters. The first-order valence-electron chi connectivity index (χ1n) is 14.5. The molecule has 0 aliphatic carbocycles. The molecule has 0 unspecified atom stereocenters. The molecular weight excluding hydrogens is 558 g/mol. The van der Waals surface area contributed by atoms with E-state index < -0.39 is 0 Å². The quantitative estimate of drug-likeness (QED) is 0.177. The van der Waals surface area contributed by atoms with E-state index in [9.17, 15) is 19.2 Å². The molecule has 3 heterocycles. The standard InChI is InChI=1S/C31H38FN5O2S2/c1-4-6-7-8-11-15-37-30(39)27(41-31(37)40)20-23-22(3)24(21-33)29(38)36(14-5-2)28(23)35-18-16-34(17-19-35)26-13-10-9-12-25(26)32/h9-10,12-13,20H,4-8,11,14-19H2,1-3H3/b27-20+. The van der Waals surface area contributed by atoms with Gasteiger partial charge in [0, 0.05) is 44.8 Å². The monoisotopic (exact) mass is 595 g/mol. The second-order valence-electron chi connectivity index (χ2n) is 10.5. The zero-order chi connectivity index (χ0) is 29.5. The molecule has 1 amide bonds. The van der Waals surface area contributed by atoms with Gasteiger partial charge in [0.25, 0.3) is 11.5 Å². The van der Waals surface area contributed by atoms with Gasteiger partial charge >= 0.3 is 0 Å². The van der Waals surface area contributed by atoms with Gasteiger partial charge in [-0.3, -0.25) is 19.1 Å². The number of halogens is 1. The largest absolute Gasteiger partial charge is 0.366 e. The highest BCUT2D eigenvalue weighted by Gasteiger charge is 2.33. The minimum atomic E-state index is -0.324.